The highest BCUT2D eigenvalue weighted by Gasteiger charge is 2.25. The zero-order chi connectivity index (χ0) is 13.8. The Balaban J connectivity index is 2.27. The van der Waals surface area contributed by atoms with Crippen molar-refractivity contribution in [3.8, 4) is 0 Å². The van der Waals surface area contributed by atoms with Crippen molar-refractivity contribution in [3.05, 3.63) is 28.0 Å². The molecule has 102 valence electrons. The van der Waals surface area contributed by atoms with Gasteiger partial charge < -0.3 is 9.84 Å². The van der Waals surface area contributed by atoms with E-state index in [4.69, 9.17) is 0 Å². The van der Waals surface area contributed by atoms with Gasteiger partial charge >= 0.3 is 5.69 Å². The Morgan fingerprint density at radius 2 is 2.37 bits per heavy atom. The Hall–Kier alpha value is -2.45. The predicted molar refractivity (Wildman–Crippen MR) is 65.5 cm³/mol. The van der Waals surface area contributed by atoms with Gasteiger partial charge in [-0.1, -0.05) is 12.1 Å². The van der Waals surface area contributed by atoms with Crippen LogP contribution in [-0.2, 0) is 13.1 Å². The molecule has 9 nitrogen and oxygen atoms in total. The highest BCUT2D eigenvalue weighted by molar-refractivity contribution is 5.59. The molecule has 0 aliphatic rings. The summed E-state index contributed by atoms with van der Waals surface area (Å²) in [5.41, 5.74) is 0.367. The summed E-state index contributed by atoms with van der Waals surface area (Å²) in [5.74, 6) is 0.797. The van der Waals surface area contributed by atoms with E-state index in [1.165, 1.54) is 6.39 Å². The second-order valence-electron chi connectivity index (χ2n) is 3.96. The Morgan fingerprint density at radius 3 is 2.95 bits per heavy atom. The molecule has 0 atom stereocenters. The molecule has 0 bridgehead atoms. The third kappa shape index (κ3) is 2.69. The SMILES string of the molecule is CCCn1nc(C)c([N+](=O)[O-])c1NCc1ncon1. The minimum absolute atomic E-state index is 0.0167. The number of nitrogens with zero attached hydrogens (tertiary/aromatic N) is 5. The lowest BCUT2D eigenvalue weighted by atomic mass is 10.3. The van der Waals surface area contributed by atoms with Gasteiger partial charge in [-0.3, -0.25) is 10.1 Å². The lowest BCUT2D eigenvalue weighted by Crippen LogP contribution is -2.10. The lowest BCUT2D eigenvalue weighted by molar-refractivity contribution is -0.384. The standard InChI is InChI=1S/C10H14N6O3/c1-3-4-15-10(9(16(17)18)7(2)13-15)11-5-8-12-6-19-14-8/h6,11H,3-5H2,1-2H3. The highest BCUT2D eigenvalue weighted by Crippen LogP contribution is 2.28. The van der Waals surface area contributed by atoms with Gasteiger partial charge in [-0.15, -0.1) is 0 Å². The molecule has 2 aromatic heterocycles. The Kier molecular flexibility index (Phi) is 3.74. The fourth-order valence-corrected chi connectivity index (χ4v) is 1.77. The summed E-state index contributed by atoms with van der Waals surface area (Å²) >= 11 is 0. The third-order valence-corrected chi connectivity index (χ3v) is 2.53. The first-order chi connectivity index (χ1) is 9.13. The van der Waals surface area contributed by atoms with Crippen molar-refractivity contribution in [2.75, 3.05) is 5.32 Å². The van der Waals surface area contributed by atoms with Crippen LogP contribution in [0.15, 0.2) is 10.9 Å². The number of nitro groups is 1. The van der Waals surface area contributed by atoms with Gasteiger partial charge in [0.25, 0.3) is 0 Å². The minimum Gasteiger partial charge on any atom is -0.357 e. The number of anilines is 1. The van der Waals surface area contributed by atoms with Crippen LogP contribution in [0.25, 0.3) is 0 Å². The molecule has 19 heavy (non-hydrogen) atoms. The van der Waals surface area contributed by atoms with E-state index in [0.29, 0.717) is 23.9 Å². The smallest absolute Gasteiger partial charge is 0.333 e. The topological polar surface area (TPSA) is 112 Å². The number of hydrogen-bond acceptors (Lipinski definition) is 7. The van der Waals surface area contributed by atoms with Gasteiger partial charge in [0.05, 0.1) is 11.5 Å². The van der Waals surface area contributed by atoms with Crippen LogP contribution >= 0.6 is 0 Å². The van der Waals surface area contributed by atoms with Crippen LogP contribution in [0.2, 0.25) is 0 Å². The molecule has 2 aromatic rings. The van der Waals surface area contributed by atoms with E-state index in [0.717, 1.165) is 6.42 Å². The molecule has 0 aromatic carbocycles. The second-order valence-corrected chi connectivity index (χ2v) is 3.96. The highest BCUT2D eigenvalue weighted by atomic mass is 16.6. The summed E-state index contributed by atoms with van der Waals surface area (Å²) in [4.78, 5) is 14.5. The molecule has 1 N–H and O–H groups in total. The molecule has 0 unspecified atom stereocenters. The van der Waals surface area contributed by atoms with Crippen molar-refractivity contribution < 1.29 is 9.45 Å². The molecule has 0 aliphatic carbocycles. The van der Waals surface area contributed by atoms with E-state index in [2.05, 4.69) is 25.1 Å². The summed E-state index contributed by atoms with van der Waals surface area (Å²) in [6.45, 7) is 4.44. The predicted octanol–water partition coefficient (Wildman–Crippen LogP) is 1.50. The Bertz CT molecular complexity index is 562. The molecule has 0 aliphatic heterocycles. The Labute approximate surface area is 108 Å². The fourth-order valence-electron chi connectivity index (χ4n) is 1.77. The van der Waals surface area contributed by atoms with Crippen molar-refractivity contribution >= 4 is 11.5 Å². The van der Waals surface area contributed by atoms with Gasteiger partial charge in [0.1, 0.15) is 5.69 Å². The van der Waals surface area contributed by atoms with Crippen LogP contribution in [0.3, 0.4) is 0 Å². The van der Waals surface area contributed by atoms with Gasteiger partial charge in [0, 0.05) is 6.54 Å². The first-order valence-corrected chi connectivity index (χ1v) is 5.84. The van der Waals surface area contributed by atoms with Gasteiger partial charge in [-0.05, 0) is 13.3 Å². The largest absolute Gasteiger partial charge is 0.357 e. The number of rotatable bonds is 6. The lowest BCUT2D eigenvalue weighted by Gasteiger charge is -2.06. The van der Waals surface area contributed by atoms with Crippen LogP contribution in [0.4, 0.5) is 11.5 Å². The number of aromatic nitrogens is 4. The first-order valence-electron chi connectivity index (χ1n) is 5.84. The zero-order valence-electron chi connectivity index (χ0n) is 10.7. The van der Waals surface area contributed by atoms with Crippen LogP contribution < -0.4 is 5.32 Å². The van der Waals surface area contributed by atoms with E-state index in [9.17, 15) is 10.1 Å². The molecule has 0 saturated carbocycles. The molecular formula is C10H14N6O3. The molecule has 2 rings (SSSR count). The Morgan fingerprint density at radius 1 is 1.58 bits per heavy atom. The van der Waals surface area contributed by atoms with Gasteiger partial charge in [-0.25, -0.2) is 4.68 Å². The van der Waals surface area contributed by atoms with Crippen molar-refractivity contribution in [3.63, 3.8) is 0 Å². The third-order valence-electron chi connectivity index (χ3n) is 2.53. The van der Waals surface area contributed by atoms with Crippen molar-refractivity contribution in [2.24, 2.45) is 0 Å². The van der Waals surface area contributed by atoms with Gasteiger partial charge in [-0.2, -0.15) is 10.1 Å². The van der Waals surface area contributed by atoms with Gasteiger partial charge in [0.2, 0.25) is 12.2 Å². The average molecular weight is 266 g/mol. The second kappa shape index (κ2) is 5.46. The van der Waals surface area contributed by atoms with Gasteiger partial charge in [0.15, 0.2) is 5.82 Å². The molecule has 0 amide bonds. The van der Waals surface area contributed by atoms with E-state index >= 15 is 0 Å². The summed E-state index contributed by atoms with van der Waals surface area (Å²) in [6.07, 6.45) is 2.04. The molecule has 0 spiro atoms. The number of hydrogen-bond donors (Lipinski definition) is 1. The van der Waals surface area contributed by atoms with E-state index in [1.54, 1.807) is 11.6 Å². The van der Waals surface area contributed by atoms with Crippen LogP contribution in [0, 0.1) is 17.0 Å². The van der Waals surface area contributed by atoms with Crippen molar-refractivity contribution in [1.29, 1.82) is 0 Å². The molecule has 0 fully saturated rings. The average Bonchev–Trinajstić information content (AvgIpc) is 2.95. The summed E-state index contributed by atoms with van der Waals surface area (Å²) in [7, 11) is 0. The summed E-state index contributed by atoms with van der Waals surface area (Å²) in [6, 6.07) is 0. The minimum atomic E-state index is -0.437. The first kappa shape index (κ1) is 13.0. The molecule has 9 heteroatoms. The number of aryl methyl sites for hydroxylation is 2. The fraction of sp³-hybridized carbons (Fsp3) is 0.500. The maximum absolute atomic E-state index is 11.1. The molecule has 0 saturated heterocycles. The summed E-state index contributed by atoms with van der Waals surface area (Å²) in [5, 5.41) is 21.8. The van der Waals surface area contributed by atoms with E-state index < -0.39 is 4.92 Å². The number of nitrogens with one attached hydrogen (secondary N) is 1. The maximum atomic E-state index is 11.1. The zero-order valence-corrected chi connectivity index (χ0v) is 10.7. The van der Waals surface area contributed by atoms with Crippen molar-refractivity contribution in [1.82, 2.24) is 19.9 Å². The van der Waals surface area contributed by atoms with Crippen LogP contribution in [0.5, 0.6) is 0 Å². The van der Waals surface area contributed by atoms with Crippen LogP contribution in [-0.4, -0.2) is 24.8 Å². The quantitative estimate of drug-likeness (QED) is 0.622. The normalized spacial score (nSPS) is 10.6. The van der Waals surface area contributed by atoms with E-state index in [1.807, 2.05) is 6.92 Å². The maximum Gasteiger partial charge on any atom is 0.333 e. The monoisotopic (exact) mass is 266 g/mol. The van der Waals surface area contributed by atoms with E-state index in [-0.39, 0.29) is 12.2 Å². The summed E-state index contributed by atoms with van der Waals surface area (Å²) < 4.78 is 6.20. The van der Waals surface area contributed by atoms with Crippen molar-refractivity contribution in [2.45, 2.75) is 33.4 Å². The molecule has 0 radical (unpaired) electrons. The molecular weight excluding hydrogens is 252 g/mol. The van der Waals surface area contributed by atoms with Crippen LogP contribution in [0.1, 0.15) is 24.9 Å². The molecule has 2 heterocycles.